The summed E-state index contributed by atoms with van der Waals surface area (Å²) in [6.45, 7) is 1.93. The minimum atomic E-state index is -0.427. The van der Waals surface area contributed by atoms with Crippen molar-refractivity contribution in [2.45, 2.75) is 6.92 Å². The van der Waals surface area contributed by atoms with Crippen LogP contribution in [-0.2, 0) is 0 Å². The SMILES string of the molecule is Cc1ccc(NC(=O)Nc2cc(-c3ccccc3)on2)nc1. The summed E-state index contributed by atoms with van der Waals surface area (Å²) in [6.07, 6.45) is 1.68. The molecule has 3 rings (SSSR count). The normalized spacial score (nSPS) is 10.2. The summed E-state index contributed by atoms with van der Waals surface area (Å²) in [5.74, 6) is 1.39. The molecule has 110 valence electrons. The number of pyridine rings is 1. The van der Waals surface area contributed by atoms with Gasteiger partial charge in [0.05, 0.1) is 0 Å². The van der Waals surface area contributed by atoms with Crippen molar-refractivity contribution in [2.75, 3.05) is 10.6 Å². The number of anilines is 2. The fourth-order valence-electron chi connectivity index (χ4n) is 1.88. The zero-order valence-corrected chi connectivity index (χ0v) is 11.9. The topological polar surface area (TPSA) is 80.0 Å². The Hall–Kier alpha value is -3.15. The maximum absolute atomic E-state index is 11.9. The van der Waals surface area contributed by atoms with Crippen molar-refractivity contribution < 1.29 is 9.32 Å². The van der Waals surface area contributed by atoms with Gasteiger partial charge < -0.3 is 4.52 Å². The number of aromatic nitrogens is 2. The number of aryl methyl sites for hydroxylation is 1. The van der Waals surface area contributed by atoms with Crippen molar-refractivity contribution in [2.24, 2.45) is 0 Å². The summed E-state index contributed by atoms with van der Waals surface area (Å²) in [5, 5.41) is 9.05. The molecule has 0 bridgehead atoms. The van der Waals surface area contributed by atoms with Crippen molar-refractivity contribution in [3.05, 3.63) is 60.3 Å². The van der Waals surface area contributed by atoms with Crippen molar-refractivity contribution in [3.8, 4) is 11.3 Å². The van der Waals surface area contributed by atoms with Gasteiger partial charge in [0.15, 0.2) is 11.6 Å². The van der Waals surface area contributed by atoms with Gasteiger partial charge in [0.25, 0.3) is 0 Å². The second kappa shape index (κ2) is 6.09. The lowest BCUT2D eigenvalue weighted by molar-refractivity contribution is 0.262. The van der Waals surface area contributed by atoms with E-state index in [1.807, 2.05) is 43.3 Å². The second-order valence-electron chi connectivity index (χ2n) is 4.74. The highest BCUT2D eigenvalue weighted by atomic mass is 16.5. The number of nitrogens with zero attached hydrogens (tertiary/aromatic N) is 2. The van der Waals surface area contributed by atoms with Crippen LogP contribution in [0.1, 0.15) is 5.56 Å². The number of hydrogen-bond acceptors (Lipinski definition) is 4. The third-order valence-electron chi connectivity index (χ3n) is 2.96. The van der Waals surface area contributed by atoms with E-state index in [1.165, 1.54) is 0 Å². The lowest BCUT2D eigenvalue weighted by atomic mass is 10.2. The van der Waals surface area contributed by atoms with Gasteiger partial charge in [-0.15, -0.1) is 0 Å². The summed E-state index contributed by atoms with van der Waals surface area (Å²) < 4.78 is 5.21. The zero-order chi connectivity index (χ0) is 15.4. The van der Waals surface area contributed by atoms with Gasteiger partial charge in [-0.3, -0.25) is 10.6 Å². The van der Waals surface area contributed by atoms with E-state index in [2.05, 4.69) is 20.8 Å². The molecule has 6 heteroatoms. The van der Waals surface area contributed by atoms with Crippen LogP contribution in [-0.4, -0.2) is 16.2 Å². The molecule has 1 aromatic carbocycles. The number of rotatable bonds is 3. The smallest absolute Gasteiger partial charge is 0.326 e. The van der Waals surface area contributed by atoms with Gasteiger partial charge in [-0.1, -0.05) is 41.6 Å². The average Bonchev–Trinajstić information content (AvgIpc) is 2.99. The van der Waals surface area contributed by atoms with Crippen LogP contribution in [0, 0.1) is 6.92 Å². The number of carbonyl (C=O) groups excluding carboxylic acids is 1. The molecule has 22 heavy (non-hydrogen) atoms. The van der Waals surface area contributed by atoms with Crippen LogP contribution in [0.4, 0.5) is 16.4 Å². The molecular weight excluding hydrogens is 280 g/mol. The number of benzene rings is 1. The minimum Gasteiger partial charge on any atom is -0.354 e. The lowest BCUT2D eigenvalue weighted by Gasteiger charge is -2.04. The highest BCUT2D eigenvalue weighted by Crippen LogP contribution is 2.21. The molecular formula is C16H14N4O2. The highest BCUT2D eigenvalue weighted by molar-refractivity contribution is 5.98. The number of amides is 2. The first-order valence-corrected chi connectivity index (χ1v) is 6.73. The number of urea groups is 1. The molecule has 0 aliphatic heterocycles. The summed E-state index contributed by atoms with van der Waals surface area (Å²) in [5.41, 5.74) is 1.92. The van der Waals surface area contributed by atoms with Crippen molar-refractivity contribution in [1.29, 1.82) is 0 Å². The third-order valence-corrected chi connectivity index (χ3v) is 2.96. The first-order valence-electron chi connectivity index (χ1n) is 6.73. The minimum absolute atomic E-state index is 0.337. The Bertz CT molecular complexity index is 766. The van der Waals surface area contributed by atoms with Gasteiger partial charge in [-0.2, -0.15) is 0 Å². The van der Waals surface area contributed by atoms with E-state index in [0.717, 1.165) is 11.1 Å². The summed E-state index contributed by atoms with van der Waals surface area (Å²) in [7, 11) is 0. The molecule has 0 atom stereocenters. The molecule has 0 unspecified atom stereocenters. The molecule has 0 saturated carbocycles. The fourth-order valence-corrected chi connectivity index (χ4v) is 1.88. The standard InChI is InChI=1S/C16H14N4O2/c1-11-7-8-14(17-10-11)18-16(21)19-15-9-13(22-20-15)12-5-3-2-4-6-12/h2-10H,1H3,(H2,17,18,19,20,21). The Labute approximate surface area is 127 Å². The molecule has 6 nitrogen and oxygen atoms in total. The predicted molar refractivity (Wildman–Crippen MR) is 83.6 cm³/mol. The van der Waals surface area contributed by atoms with E-state index in [1.54, 1.807) is 18.3 Å². The second-order valence-corrected chi connectivity index (χ2v) is 4.74. The van der Waals surface area contributed by atoms with Crippen LogP contribution in [0.15, 0.2) is 59.3 Å². The molecule has 0 aliphatic carbocycles. The Kier molecular flexibility index (Phi) is 3.82. The van der Waals surface area contributed by atoms with Gasteiger partial charge in [0.1, 0.15) is 5.82 Å². The average molecular weight is 294 g/mol. The molecule has 0 saturated heterocycles. The van der Waals surface area contributed by atoms with E-state index in [0.29, 0.717) is 17.4 Å². The molecule has 3 aromatic rings. The van der Waals surface area contributed by atoms with E-state index >= 15 is 0 Å². The van der Waals surface area contributed by atoms with Gasteiger partial charge in [0, 0.05) is 17.8 Å². The number of hydrogen-bond donors (Lipinski definition) is 2. The molecule has 2 aromatic heterocycles. The van der Waals surface area contributed by atoms with Gasteiger partial charge in [-0.05, 0) is 18.6 Å². The predicted octanol–water partition coefficient (Wildman–Crippen LogP) is 3.69. The first kappa shape index (κ1) is 13.8. The Morgan fingerprint density at radius 1 is 1.05 bits per heavy atom. The van der Waals surface area contributed by atoms with Crippen LogP contribution in [0.2, 0.25) is 0 Å². The van der Waals surface area contributed by atoms with Crippen LogP contribution >= 0.6 is 0 Å². The maximum atomic E-state index is 11.9. The van der Waals surface area contributed by atoms with Crippen LogP contribution in [0.5, 0.6) is 0 Å². The van der Waals surface area contributed by atoms with Crippen molar-refractivity contribution in [3.63, 3.8) is 0 Å². The lowest BCUT2D eigenvalue weighted by Crippen LogP contribution is -2.20. The molecule has 0 aliphatic rings. The van der Waals surface area contributed by atoms with E-state index in [-0.39, 0.29) is 0 Å². The van der Waals surface area contributed by atoms with Crippen LogP contribution in [0.3, 0.4) is 0 Å². The summed E-state index contributed by atoms with van der Waals surface area (Å²) in [6, 6.07) is 14.4. The maximum Gasteiger partial charge on any atom is 0.326 e. The Morgan fingerprint density at radius 2 is 1.82 bits per heavy atom. The first-order chi connectivity index (χ1) is 10.7. The molecule has 2 heterocycles. The largest absolute Gasteiger partial charge is 0.354 e. The van der Waals surface area contributed by atoms with Crippen molar-refractivity contribution in [1.82, 2.24) is 10.1 Å². The summed E-state index contributed by atoms with van der Waals surface area (Å²) in [4.78, 5) is 16.0. The Balaban J connectivity index is 1.65. The quantitative estimate of drug-likeness (QED) is 0.772. The number of carbonyl (C=O) groups is 1. The van der Waals surface area contributed by atoms with Gasteiger partial charge in [-0.25, -0.2) is 9.78 Å². The fraction of sp³-hybridized carbons (Fsp3) is 0.0625. The van der Waals surface area contributed by atoms with E-state index in [4.69, 9.17) is 4.52 Å². The monoisotopic (exact) mass is 294 g/mol. The Morgan fingerprint density at radius 3 is 2.55 bits per heavy atom. The highest BCUT2D eigenvalue weighted by Gasteiger charge is 2.09. The molecule has 0 spiro atoms. The van der Waals surface area contributed by atoms with Crippen LogP contribution in [0.25, 0.3) is 11.3 Å². The number of nitrogens with one attached hydrogen (secondary N) is 2. The molecule has 0 radical (unpaired) electrons. The van der Waals surface area contributed by atoms with Crippen LogP contribution < -0.4 is 10.6 Å². The van der Waals surface area contributed by atoms with E-state index < -0.39 is 6.03 Å². The third kappa shape index (κ3) is 3.29. The van der Waals surface area contributed by atoms with E-state index in [9.17, 15) is 4.79 Å². The summed E-state index contributed by atoms with van der Waals surface area (Å²) >= 11 is 0. The van der Waals surface area contributed by atoms with Gasteiger partial charge >= 0.3 is 6.03 Å². The zero-order valence-electron chi connectivity index (χ0n) is 11.9. The molecule has 2 amide bonds. The molecule has 2 N–H and O–H groups in total. The van der Waals surface area contributed by atoms with Gasteiger partial charge in [0.2, 0.25) is 0 Å². The molecule has 0 fully saturated rings. The van der Waals surface area contributed by atoms with Crippen molar-refractivity contribution >= 4 is 17.7 Å².